The molecular formula is C21H18Cl2N4O4. The first-order valence-corrected chi connectivity index (χ1v) is 10.2. The molecule has 31 heavy (non-hydrogen) atoms. The minimum absolute atomic E-state index is 0.0420. The maximum atomic E-state index is 12.2. The zero-order valence-electron chi connectivity index (χ0n) is 16.1. The van der Waals surface area contributed by atoms with Crippen molar-refractivity contribution in [1.29, 1.82) is 0 Å². The van der Waals surface area contributed by atoms with Gasteiger partial charge in [0.05, 0.1) is 0 Å². The number of hydrogen-bond donors (Lipinski definition) is 4. The normalized spacial score (nSPS) is 16.3. The topological polar surface area (TPSA) is 112 Å². The van der Waals surface area contributed by atoms with Crippen LogP contribution < -0.4 is 16.0 Å². The van der Waals surface area contributed by atoms with Crippen molar-refractivity contribution in [3.63, 3.8) is 0 Å². The molecule has 0 radical (unpaired) electrons. The number of urea groups is 1. The van der Waals surface area contributed by atoms with Crippen molar-refractivity contribution in [2.24, 2.45) is 0 Å². The lowest BCUT2D eigenvalue weighted by Gasteiger charge is -2.22. The monoisotopic (exact) mass is 460 g/mol. The summed E-state index contributed by atoms with van der Waals surface area (Å²) in [6.45, 7) is 0.237. The lowest BCUT2D eigenvalue weighted by molar-refractivity contribution is -0.135. The van der Waals surface area contributed by atoms with Crippen LogP contribution in [0.2, 0.25) is 10.0 Å². The van der Waals surface area contributed by atoms with Gasteiger partial charge in [0.1, 0.15) is 6.04 Å². The van der Waals surface area contributed by atoms with Gasteiger partial charge in [0.25, 0.3) is 0 Å². The molecule has 1 atom stereocenters. The molecule has 0 saturated carbocycles. The summed E-state index contributed by atoms with van der Waals surface area (Å²) >= 11 is 11.9. The molecule has 2 heterocycles. The highest BCUT2D eigenvalue weighted by atomic mass is 35.5. The molecule has 2 aromatic carbocycles. The van der Waals surface area contributed by atoms with E-state index in [1.54, 1.807) is 36.5 Å². The molecule has 4 N–H and O–H groups in total. The van der Waals surface area contributed by atoms with Crippen LogP contribution in [0.25, 0.3) is 10.8 Å². The SMILES string of the molecule is O=C1CCC(n2cc3cc(CNC(=O)Nc4cc(Cl)cc(Cl)c4)ccc3c2O)C(=O)N1. The number of piperidine rings is 1. The van der Waals surface area contributed by atoms with E-state index in [1.165, 1.54) is 4.57 Å². The fraction of sp³-hybridized carbons (Fsp3) is 0.190. The molecular weight excluding hydrogens is 443 g/mol. The van der Waals surface area contributed by atoms with Crippen LogP contribution in [0.5, 0.6) is 5.88 Å². The predicted octanol–water partition coefficient (Wildman–Crippen LogP) is 3.95. The van der Waals surface area contributed by atoms with Crippen molar-refractivity contribution in [3.05, 3.63) is 58.2 Å². The Morgan fingerprint density at radius 2 is 1.90 bits per heavy atom. The number of carbonyl (C=O) groups excluding carboxylic acids is 3. The molecule has 0 aliphatic carbocycles. The number of imide groups is 1. The van der Waals surface area contributed by atoms with Gasteiger partial charge in [0.15, 0.2) is 5.88 Å². The number of rotatable bonds is 4. The van der Waals surface area contributed by atoms with Crippen molar-refractivity contribution in [3.8, 4) is 5.88 Å². The number of benzene rings is 2. The lowest BCUT2D eigenvalue weighted by atomic mass is 10.1. The van der Waals surface area contributed by atoms with Crippen LogP contribution in [-0.4, -0.2) is 27.5 Å². The average molecular weight is 461 g/mol. The van der Waals surface area contributed by atoms with Crippen LogP contribution >= 0.6 is 23.2 Å². The molecule has 4 rings (SSSR count). The van der Waals surface area contributed by atoms with Crippen molar-refractivity contribution in [1.82, 2.24) is 15.2 Å². The molecule has 3 aromatic rings. The number of halogens is 2. The van der Waals surface area contributed by atoms with Gasteiger partial charge in [-0.2, -0.15) is 0 Å². The van der Waals surface area contributed by atoms with Crippen LogP contribution in [0, 0.1) is 0 Å². The molecule has 1 saturated heterocycles. The zero-order chi connectivity index (χ0) is 22.1. The molecule has 4 amide bonds. The number of anilines is 1. The summed E-state index contributed by atoms with van der Waals surface area (Å²) in [7, 11) is 0. The van der Waals surface area contributed by atoms with Crippen LogP contribution in [0.3, 0.4) is 0 Å². The number of hydrogen-bond acceptors (Lipinski definition) is 4. The second-order valence-corrected chi connectivity index (χ2v) is 8.09. The molecule has 160 valence electrons. The van der Waals surface area contributed by atoms with E-state index < -0.39 is 18.0 Å². The Morgan fingerprint density at radius 1 is 1.16 bits per heavy atom. The Bertz CT molecular complexity index is 1190. The third kappa shape index (κ3) is 4.60. The molecule has 1 aliphatic heterocycles. The maximum Gasteiger partial charge on any atom is 0.319 e. The van der Waals surface area contributed by atoms with Gasteiger partial charge in [-0.25, -0.2) is 4.79 Å². The smallest absolute Gasteiger partial charge is 0.319 e. The second-order valence-electron chi connectivity index (χ2n) is 7.21. The van der Waals surface area contributed by atoms with Crippen LogP contribution in [0.4, 0.5) is 10.5 Å². The quantitative estimate of drug-likeness (QED) is 0.441. The van der Waals surface area contributed by atoms with E-state index in [0.717, 1.165) is 5.56 Å². The Balaban J connectivity index is 1.46. The summed E-state index contributed by atoms with van der Waals surface area (Å²) in [6.07, 6.45) is 2.20. The van der Waals surface area contributed by atoms with Gasteiger partial charge in [-0.3, -0.25) is 14.9 Å². The fourth-order valence-corrected chi connectivity index (χ4v) is 4.08. The molecule has 1 fully saturated rings. The fourth-order valence-electron chi connectivity index (χ4n) is 3.55. The Morgan fingerprint density at radius 3 is 2.61 bits per heavy atom. The van der Waals surface area contributed by atoms with E-state index in [-0.39, 0.29) is 24.8 Å². The van der Waals surface area contributed by atoms with E-state index >= 15 is 0 Å². The molecule has 10 heteroatoms. The number of amides is 4. The lowest BCUT2D eigenvalue weighted by Crippen LogP contribution is -2.41. The number of nitrogens with zero attached hydrogens (tertiary/aromatic N) is 1. The number of fused-ring (bicyclic) bond motifs is 1. The van der Waals surface area contributed by atoms with Crippen LogP contribution in [-0.2, 0) is 16.1 Å². The van der Waals surface area contributed by atoms with Crippen LogP contribution in [0.15, 0.2) is 42.6 Å². The number of nitrogens with one attached hydrogen (secondary N) is 3. The van der Waals surface area contributed by atoms with Gasteiger partial charge < -0.3 is 20.3 Å². The van der Waals surface area contributed by atoms with E-state index in [1.807, 2.05) is 6.07 Å². The minimum atomic E-state index is -0.651. The first kappa shape index (κ1) is 21.0. The van der Waals surface area contributed by atoms with Gasteiger partial charge in [-0.15, -0.1) is 0 Å². The highest BCUT2D eigenvalue weighted by Crippen LogP contribution is 2.33. The number of aromatic hydroxyl groups is 1. The van der Waals surface area contributed by atoms with Gasteiger partial charge in [0.2, 0.25) is 11.8 Å². The van der Waals surface area contributed by atoms with E-state index in [0.29, 0.717) is 32.9 Å². The first-order chi connectivity index (χ1) is 14.8. The van der Waals surface area contributed by atoms with Gasteiger partial charge in [-0.05, 0) is 42.3 Å². The molecule has 1 aliphatic rings. The van der Waals surface area contributed by atoms with Crippen LogP contribution in [0.1, 0.15) is 24.4 Å². The van der Waals surface area contributed by atoms with E-state index in [4.69, 9.17) is 23.2 Å². The van der Waals surface area contributed by atoms with Crippen molar-refractivity contribution in [2.75, 3.05) is 5.32 Å². The summed E-state index contributed by atoms with van der Waals surface area (Å²) in [5, 5.41) is 20.3. The molecule has 1 unspecified atom stereocenters. The Labute approximate surface area is 187 Å². The zero-order valence-corrected chi connectivity index (χ0v) is 17.6. The standard InChI is InChI=1S/C21H18Cl2N4O4/c22-13-6-14(23)8-15(7-13)25-21(31)24-9-11-1-2-16-12(5-11)10-27(20(16)30)17-3-4-18(28)26-19(17)29/h1-2,5-8,10,17,30H,3-4,9H2,(H2,24,25,31)(H,26,28,29). The van der Waals surface area contributed by atoms with Crippen molar-refractivity contribution < 1.29 is 19.5 Å². The Kier molecular flexibility index (Phi) is 5.75. The first-order valence-electron chi connectivity index (χ1n) is 9.47. The number of carbonyl (C=O) groups is 3. The largest absolute Gasteiger partial charge is 0.494 e. The van der Waals surface area contributed by atoms with Gasteiger partial charge in [0, 0.05) is 45.7 Å². The molecule has 0 spiro atoms. The average Bonchev–Trinajstić information content (AvgIpc) is 3.01. The Hall–Kier alpha value is -3.23. The maximum absolute atomic E-state index is 12.2. The predicted molar refractivity (Wildman–Crippen MR) is 117 cm³/mol. The second kappa shape index (κ2) is 8.49. The van der Waals surface area contributed by atoms with E-state index in [2.05, 4.69) is 16.0 Å². The molecule has 1 aromatic heterocycles. The highest BCUT2D eigenvalue weighted by Gasteiger charge is 2.30. The minimum Gasteiger partial charge on any atom is -0.494 e. The third-order valence-corrected chi connectivity index (χ3v) is 5.44. The van der Waals surface area contributed by atoms with Gasteiger partial charge >= 0.3 is 6.03 Å². The third-order valence-electron chi connectivity index (χ3n) is 5.00. The van der Waals surface area contributed by atoms with Crippen molar-refractivity contribution in [2.45, 2.75) is 25.4 Å². The molecule has 8 nitrogen and oxygen atoms in total. The van der Waals surface area contributed by atoms with E-state index in [9.17, 15) is 19.5 Å². The summed E-state index contributed by atoms with van der Waals surface area (Å²) in [4.78, 5) is 35.7. The molecule has 0 bridgehead atoms. The van der Waals surface area contributed by atoms with Gasteiger partial charge in [-0.1, -0.05) is 29.3 Å². The summed E-state index contributed by atoms with van der Waals surface area (Å²) in [5.74, 6) is -0.796. The summed E-state index contributed by atoms with van der Waals surface area (Å²) < 4.78 is 1.47. The highest BCUT2D eigenvalue weighted by molar-refractivity contribution is 6.35. The summed E-state index contributed by atoms with van der Waals surface area (Å²) in [5.41, 5.74) is 1.27. The van der Waals surface area contributed by atoms with Crippen molar-refractivity contribution >= 4 is 57.5 Å². The summed E-state index contributed by atoms with van der Waals surface area (Å²) in [6, 6.07) is 8.96. The number of aromatic nitrogens is 1.